The van der Waals surface area contributed by atoms with Crippen molar-refractivity contribution in [3.8, 4) is 0 Å². The fraction of sp³-hybridized carbons (Fsp3) is 0.263. The minimum Gasteiger partial charge on any atom is -0.408 e. The minimum absolute atomic E-state index is 0.0925. The van der Waals surface area contributed by atoms with Crippen LogP contribution in [0.1, 0.15) is 23.3 Å². The molecule has 27 heavy (non-hydrogen) atoms. The third kappa shape index (κ3) is 3.59. The fourth-order valence-electron chi connectivity index (χ4n) is 3.27. The van der Waals surface area contributed by atoms with E-state index >= 15 is 0 Å². The van der Waals surface area contributed by atoms with E-state index < -0.39 is 5.76 Å². The molecule has 1 fully saturated rings. The van der Waals surface area contributed by atoms with E-state index in [0.29, 0.717) is 48.4 Å². The van der Waals surface area contributed by atoms with Crippen molar-refractivity contribution in [2.75, 3.05) is 18.4 Å². The largest absolute Gasteiger partial charge is 0.417 e. The van der Waals surface area contributed by atoms with Gasteiger partial charge in [-0.25, -0.2) is 4.79 Å². The topological polar surface area (TPSA) is 108 Å². The van der Waals surface area contributed by atoms with Gasteiger partial charge in [0.2, 0.25) is 5.91 Å². The molecule has 1 saturated heterocycles. The number of fused-ring (bicyclic) bond motifs is 1. The van der Waals surface area contributed by atoms with Gasteiger partial charge in [-0.3, -0.25) is 19.6 Å². The number of anilines is 1. The Hall–Kier alpha value is -3.42. The highest BCUT2D eigenvalue weighted by Crippen LogP contribution is 2.22. The fourth-order valence-corrected chi connectivity index (χ4v) is 3.27. The Morgan fingerprint density at radius 3 is 2.74 bits per heavy atom. The zero-order chi connectivity index (χ0) is 18.8. The summed E-state index contributed by atoms with van der Waals surface area (Å²) in [5.41, 5.74) is 1.99. The van der Waals surface area contributed by atoms with Gasteiger partial charge >= 0.3 is 5.76 Å². The Balaban J connectivity index is 1.36. The first-order valence-corrected chi connectivity index (χ1v) is 8.74. The van der Waals surface area contributed by atoms with Crippen LogP contribution < -0.4 is 11.1 Å². The van der Waals surface area contributed by atoms with E-state index in [1.165, 1.54) is 0 Å². The molecule has 2 aromatic heterocycles. The molecule has 0 radical (unpaired) electrons. The molecule has 3 aromatic rings. The van der Waals surface area contributed by atoms with Gasteiger partial charge in [0, 0.05) is 30.9 Å². The second-order valence-electron chi connectivity index (χ2n) is 6.50. The van der Waals surface area contributed by atoms with Crippen molar-refractivity contribution in [1.29, 1.82) is 0 Å². The second kappa shape index (κ2) is 7.06. The van der Waals surface area contributed by atoms with Crippen LogP contribution in [-0.2, 0) is 4.79 Å². The number of carbonyl (C=O) groups excluding carboxylic acids is 2. The van der Waals surface area contributed by atoms with Crippen LogP contribution >= 0.6 is 0 Å². The van der Waals surface area contributed by atoms with Crippen molar-refractivity contribution in [2.45, 2.75) is 12.8 Å². The van der Waals surface area contributed by atoms with Gasteiger partial charge < -0.3 is 14.6 Å². The van der Waals surface area contributed by atoms with Gasteiger partial charge in [0.25, 0.3) is 5.91 Å². The molecule has 0 aliphatic carbocycles. The maximum absolute atomic E-state index is 12.5. The van der Waals surface area contributed by atoms with Crippen LogP contribution in [-0.4, -0.2) is 39.8 Å². The predicted octanol–water partition coefficient (Wildman–Crippen LogP) is 2.01. The summed E-state index contributed by atoms with van der Waals surface area (Å²) < 4.78 is 4.95. The normalized spacial score (nSPS) is 15.0. The van der Waals surface area contributed by atoms with Crippen molar-refractivity contribution in [1.82, 2.24) is 14.9 Å². The first-order chi connectivity index (χ1) is 13.1. The number of aromatic amines is 1. The van der Waals surface area contributed by atoms with Gasteiger partial charge in [-0.1, -0.05) is 6.07 Å². The summed E-state index contributed by atoms with van der Waals surface area (Å²) in [5.74, 6) is -0.899. The first kappa shape index (κ1) is 17.0. The molecular formula is C19H18N4O4. The Kier molecular flexibility index (Phi) is 4.45. The SMILES string of the molecule is O=C(Nc1ccc2oc(=O)[nH]c2c1)C1CCN(C(=O)c2ccccn2)CC1. The summed E-state index contributed by atoms with van der Waals surface area (Å²) in [5, 5.41) is 2.87. The highest BCUT2D eigenvalue weighted by Gasteiger charge is 2.28. The van der Waals surface area contributed by atoms with Gasteiger partial charge in [-0.05, 0) is 43.2 Å². The highest BCUT2D eigenvalue weighted by molar-refractivity contribution is 5.95. The van der Waals surface area contributed by atoms with Crippen LogP contribution in [0.25, 0.3) is 11.1 Å². The molecule has 0 saturated carbocycles. The average molecular weight is 366 g/mol. The molecule has 0 atom stereocenters. The quantitative estimate of drug-likeness (QED) is 0.737. The smallest absolute Gasteiger partial charge is 0.408 e. The summed E-state index contributed by atoms with van der Waals surface area (Å²) in [6.07, 6.45) is 2.78. The first-order valence-electron chi connectivity index (χ1n) is 8.74. The number of oxazole rings is 1. The summed E-state index contributed by atoms with van der Waals surface area (Å²) in [7, 11) is 0. The van der Waals surface area contributed by atoms with E-state index in [-0.39, 0.29) is 17.7 Å². The summed E-state index contributed by atoms with van der Waals surface area (Å²) in [6, 6.07) is 10.2. The Morgan fingerprint density at radius 2 is 2.00 bits per heavy atom. The van der Waals surface area contributed by atoms with E-state index in [1.54, 1.807) is 47.5 Å². The van der Waals surface area contributed by atoms with Gasteiger partial charge in [-0.15, -0.1) is 0 Å². The van der Waals surface area contributed by atoms with E-state index in [0.717, 1.165) is 0 Å². The average Bonchev–Trinajstić information content (AvgIpc) is 3.07. The van der Waals surface area contributed by atoms with Crippen molar-refractivity contribution >= 4 is 28.6 Å². The molecule has 138 valence electrons. The van der Waals surface area contributed by atoms with Crippen LogP contribution in [0.2, 0.25) is 0 Å². The van der Waals surface area contributed by atoms with Gasteiger partial charge in [0.15, 0.2) is 5.58 Å². The maximum atomic E-state index is 12.5. The number of carbonyl (C=O) groups is 2. The Labute approximate surface area is 154 Å². The number of aromatic nitrogens is 2. The Morgan fingerprint density at radius 1 is 1.19 bits per heavy atom. The zero-order valence-electron chi connectivity index (χ0n) is 14.5. The number of nitrogens with one attached hydrogen (secondary N) is 2. The predicted molar refractivity (Wildman–Crippen MR) is 98.3 cm³/mol. The number of pyridine rings is 1. The van der Waals surface area contributed by atoms with Crippen LogP contribution in [0.5, 0.6) is 0 Å². The lowest BCUT2D eigenvalue weighted by Gasteiger charge is -2.31. The van der Waals surface area contributed by atoms with Crippen molar-refractivity contribution < 1.29 is 14.0 Å². The number of hydrogen-bond donors (Lipinski definition) is 2. The number of likely N-dealkylation sites (tertiary alicyclic amines) is 1. The lowest BCUT2D eigenvalue weighted by atomic mass is 9.95. The molecule has 2 amide bonds. The van der Waals surface area contributed by atoms with Crippen molar-refractivity contribution in [2.24, 2.45) is 5.92 Å². The number of benzene rings is 1. The summed E-state index contributed by atoms with van der Waals surface area (Å²) >= 11 is 0. The minimum atomic E-state index is -0.529. The van der Waals surface area contributed by atoms with Crippen LogP contribution in [0.15, 0.2) is 51.8 Å². The molecule has 4 rings (SSSR count). The number of nitrogens with zero attached hydrogens (tertiary/aromatic N) is 2. The van der Waals surface area contributed by atoms with Crippen LogP contribution in [0.3, 0.4) is 0 Å². The number of amides is 2. The summed E-state index contributed by atoms with van der Waals surface area (Å²) in [4.78, 5) is 44.5. The standard InChI is InChI=1S/C19H18N4O4/c24-17(21-13-4-5-16-15(11-13)22-19(26)27-16)12-6-9-23(10-7-12)18(25)14-3-1-2-8-20-14/h1-5,8,11-12H,6-7,9-10H2,(H,21,24)(H,22,26). The van der Waals surface area contributed by atoms with Crippen molar-refractivity contribution in [3.63, 3.8) is 0 Å². The third-order valence-electron chi connectivity index (χ3n) is 4.72. The molecule has 1 aliphatic rings. The lowest BCUT2D eigenvalue weighted by molar-refractivity contribution is -0.121. The zero-order valence-corrected chi connectivity index (χ0v) is 14.5. The molecule has 0 unspecified atom stereocenters. The molecule has 1 aliphatic heterocycles. The molecule has 1 aromatic carbocycles. The van der Waals surface area contributed by atoms with E-state index in [2.05, 4.69) is 15.3 Å². The van der Waals surface area contributed by atoms with Gasteiger partial charge in [0.1, 0.15) is 5.69 Å². The molecular weight excluding hydrogens is 348 g/mol. The maximum Gasteiger partial charge on any atom is 0.417 e. The molecule has 0 spiro atoms. The number of piperidine rings is 1. The molecule has 3 heterocycles. The monoisotopic (exact) mass is 366 g/mol. The molecule has 8 heteroatoms. The highest BCUT2D eigenvalue weighted by atomic mass is 16.4. The second-order valence-corrected chi connectivity index (χ2v) is 6.50. The molecule has 0 bridgehead atoms. The Bertz CT molecular complexity index is 1030. The number of H-pyrrole nitrogens is 1. The third-order valence-corrected chi connectivity index (χ3v) is 4.72. The lowest BCUT2D eigenvalue weighted by Crippen LogP contribution is -2.41. The van der Waals surface area contributed by atoms with Gasteiger partial charge in [0.05, 0.1) is 5.52 Å². The van der Waals surface area contributed by atoms with Gasteiger partial charge in [-0.2, -0.15) is 0 Å². The number of rotatable bonds is 3. The molecule has 2 N–H and O–H groups in total. The van der Waals surface area contributed by atoms with E-state index in [9.17, 15) is 14.4 Å². The molecule has 8 nitrogen and oxygen atoms in total. The van der Waals surface area contributed by atoms with E-state index in [4.69, 9.17) is 4.42 Å². The summed E-state index contributed by atoms with van der Waals surface area (Å²) in [6.45, 7) is 1.03. The van der Waals surface area contributed by atoms with Crippen LogP contribution in [0.4, 0.5) is 5.69 Å². The van der Waals surface area contributed by atoms with Crippen molar-refractivity contribution in [3.05, 3.63) is 58.8 Å². The van der Waals surface area contributed by atoms with Crippen LogP contribution in [0, 0.1) is 5.92 Å². The number of hydrogen-bond acceptors (Lipinski definition) is 5. The van der Waals surface area contributed by atoms with E-state index in [1.807, 2.05) is 0 Å².